The number of nitrogens with one attached hydrogen (secondary N) is 1. The summed E-state index contributed by atoms with van der Waals surface area (Å²) in [5.74, 6) is -0.0552. The molecular formula is C23H17NO6S. The first kappa shape index (κ1) is 20.4. The molecule has 0 saturated carbocycles. The van der Waals surface area contributed by atoms with Gasteiger partial charge in [-0.3, -0.25) is 9.52 Å². The number of hydrogen-bond donors (Lipinski definition) is 1. The van der Waals surface area contributed by atoms with Crippen LogP contribution in [-0.4, -0.2) is 21.3 Å². The standard InChI is InChI=1S/C23H17NO6S/c1-29-18-11-10-15-13-20(23(26)30-21(15)14-18)22(25)16-6-5-7-17(12-16)24-31(27,28)19-8-3-2-4-9-19/h2-14,24H,1H3. The quantitative estimate of drug-likeness (QED) is 0.365. The topological polar surface area (TPSA) is 103 Å². The first-order valence-corrected chi connectivity index (χ1v) is 10.7. The number of ketones is 1. The zero-order valence-electron chi connectivity index (χ0n) is 16.4. The highest BCUT2D eigenvalue weighted by atomic mass is 32.2. The fraction of sp³-hybridized carbons (Fsp3) is 0.0435. The van der Waals surface area contributed by atoms with E-state index in [4.69, 9.17) is 9.15 Å². The molecule has 31 heavy (non-hydrogen) atoms. The average molecular weight is 435 g/mol. The minimum absolute atomic E-state index is 0.0948. The molecule has 0 aliphatic rings. The fourth-order valence-corrected chi connectivity index (χ4v) is 4.14. The van der Waals surface area contributed by atoms with Gasteiger partial charge in [-0.2, -0.15) is 0 Å². The summed E-state index contributed by atoms with van der Waals surface area (Å²) in [5, 5.41) is 0.560. The highest BCUT2D eigenvalue weighted by Gasteiger charge is 2.18. The summed E-state index contributed by atoms with van der Waals surface area (Å²) in [7, 11) is -2.32. The molecule has 1 aromatic heterocycles. The van der Waals surface area contributed by atoms with Crippen LogP contribution in [0.1, 0.15) is 15.9 Å². The molecule has 3 aromatic carbocycles. The second-order valence-electron chi connectivity index (χ2n) is 6.68. The summed E-state index contributed by atoms with van der Waals surface area (Å²) in [4.78, 5) is 25.5. The fourth-order valence-electron chi connectivity index (χ4n) is 3.07. The Hall–Kier alpha value is -3.91. The van der Waals surface area contributed by atoms with Crippen molar-refractivity contribution in [2.45, 2.75) is 4.90 Å². The van der Waals surface area contributed by atoms with Crippen LogP contribution in [0, 0.1) is 0 Å². The van der Waals surface area contributed by atoms with Gasteiger partial charge in [0.2, 0.25) is 0 Å². The molecule has 156 valence electrons. The maximum absolute atomic E-state index is 13.0. The molecule has 1 heterocycles. The van der Waals surface area contributed by atoms with Gasteiger partial charge in [-0.15, -0.1) is 0 Å². The first-order valence-electron chi connectivity index (χ1n) is 9.22. The van der Waals surface area contributed by atoms with Crippen molar-refractivity contribution in [3.05, 3.63) is 100 Å². The maximum Gasteiger partial charge on any atom is 0.347 e. The second kappa shape index (κ2) is 8.08. The molecule has 0 bridgehead atoms. The molecule has 0 amide bonds. The minimum Gasteiger partial charge on any atom is -0.497 e. The lowest BCUT2D eigenvalue weighted by atomic mass is 10.0. The van der Waals surface area contributed by atoms with Crippen molar-refractivity contribution in [2.24, 2.45) is 0 Å². The Kier molecular flexibility index (Phi) is 5.31. The number of methoxy groups -OCH3 is 1. The number of anilines is 1. The van der Waals surface area contributed by atoms with Gasteiger partial charge in [-0.1, -0.05) is 30.3 Å². The van der Waals surface area contributed by atoms with Crippen LogP contribution in [-0.2, 0) is 10.0 Å². The summed E-state index contributed by atoms with van der Waals surface area (Å²) in [6, 6.07) is 20.2. The summed E-state index contributed by atoms with van der Waals surface area (Å²) in [6.07, 6.45) is 0. The maximum atomic E-state index is 13.0. The van der Waals surface area contributed by atoms with E-state index in [0.717, 1.165) is 0 Å². The van der Waals surface area contributed by atoms with Gasteiger partial charge in [0.05, 0.1) is 12.0 Å². The van der Waals surface area contributed by atoms with E-state index < -0.39 is 21.4 Å². The Morgan fingerprint density at radius 2 is 1.71 bits per heavy atom. The Morgan fingerprint density at radius 1 is 0.935 bits per heavy atom. The highest BCUT2D eigenvalue weighted by Crippen LogP contribution is 2.22. The molecule has 0 spiro atoms. The minimum atomic E-state index is -3.82. The van der Waals surface area contributed by atoms with Crippen molar-refractivity contribution in [3.63, 3.8) is 0 Å². The molecule has 4 rings (SSSR count). The molecule has 0 aliphatic carbocycles. The number of sulfonamides is 1. The van der Waals surface area contributed by atoms with Crippen molar-refractivity contribution < 1.29 is 22.4 Å². The van der Waals surface area contributed by atoms with E-state index >= 15 is 0 Å². The third kappa shape index (κ3) is 4.19. The lowest BCUT2D eigenvalue weighted by Crippen LogP contribution is -2.16. The zero-order valence-corrected chi connectivity index (χ0v) is 17.2. The molecule has 0 unspecified atom stereocenters. The highest BCUT2D eigenvalue weighted by molar-refractivity contribution is 7.92. The van der Waals surface area contributed by atoms with Crippen molar-refractivity contribution in [1.82, 2.24) is 0 Å². The van der Waals surface area contributed by atoms with Gasteiger partial charge in [0, 0.05) is 22.7 Å². The monoisotopic (exact) mass is 435 g/mol. The number of carbonyl (C=O) groups excluding carboxylic acids is 1. The van der Waals surface area contributed by atoms with Crippen LogP contribution in [0.25, 0.3) is 11.0 Å². The van der Waals surface area contributed by atoms with E-state index in [-0.39, 0.29) is 21.7 Å². The molecule has 4 aromatic rings. The zero-order chi connectivity index (χ0) is 22.0. The van der Waals surface area contributed by atoms with E-state index in [9.17, 15) is 18.0 Å². The van der Waals surface area contributed by atoms with Gasteiger partial charge < -0.3 is 9.15 Å². The summed E-state index contributed by atoms with van der Waals surface area (Å²) < 4.78 is 37.9. The predicted octanol–water partition coefficient (Wildman–Crippen LogP) is 3.83. The number of rotatable bonds is 6. The molecule has 0 atom stereocenters. The smallest absolute Gasteiger partial charge is 0.347 e. The van der Waals surface area contributed by atoms with E-state index in [1.54, 1.807) is 36.4 Å². The first-order chi connectivity index (χ1) is 14.9. The van der Waals surface area contributed by atoms with E-state index in [2.05, 4.69) is 4.72 Å². The van der Waals surface area contributed by atoms with Gasteiger partial charge in [0.25, 0.3) is 10.0 Å². The molecule has 0 radical (unpaired) electrons. The molecule has 8 heteroatoms. The number of hydrogen-bond acceptors (Lipinski definition) is 6. The third-order valence-electron chi connectivity index (χ3n) is 4.62. The van der Waals surface area contributed by atoms with Crippen LogP contribution in [0.5, 0.6) is 5.75 Å². The number of ether oxygens (including phenoxy) is 1. The van der Waals surface area contributed by atoms with Crippen molar-refractivity contribution in [3.8, 4) is 5.75 Å². The van der Waals surface area contributed by atoms with Gasteiger partial charge in [-0.05, 0) is 42.5 Å². The van der Waals surface area contributed by atoms with Crippen LogP contribution in [0.2, 0.25) is 0 Å². The molecule has 1 N–H and O–H groups in total. The Morgan fingerprint density at radius 3 is 2.45 bits per heavy atom. The molecule has 0 fully saturated rings. The number of fused-ring (bicyclic) bond motifs is 1. The number of benzene rings is 3. The summed E-state index contributed by atoms with van der Waals surface area (Å²) >= 11 is 0. The van der Waals surface area contributed by atoms with Crippen LogP contribution in [0.4, 0.5) is 5.69 Å². The van der Waals surface area contributed by atoms with Gasteiger partial charge >= 0.3 is 5.63 Å². The number of carbonyl (C=O) groups is 1. The van der Waals surface area contributed by atoms with Crippen molar-refractivity contribution in [1.29, 1.82) is 0 Å². The van der Waals surface area contributed by atoms with E-state index in [0.29, 0.717) is 16.7 Å². The predicted molar refractivity (Wildman–Crippen MR) is 116 cm³/mol. The van der Waals surface area contributed by atoms with Gasteiger partial charge in [0.15, 0.2) is 5.78 Å². The largest absolute Gasteiger partial charge is 0.497 e. The van der Waals surface area contributed by atoms with Crippen LogP contribution >= 0.6 is 0 Å². The van der Waals surface area contributed by atoms with Gasteiger partial charge in [-0.25, -0.2) is 13.2 Å². The van der Waals surface area contributed by atoms with Crippen LogP contribution < -0.4 is 15.1 Å². The van der Waals surface area contributed by atoms with Gasteiger partial charge in [0.1, 0.15) is 16.9 Å². The molecule has 0 aliphatic heterocycles. The van der Waals surface area contributed by atoms with Crippen molar-refractivity contribution >= 4 is 32.5 Å². The van der Waals surface area contributed by atoms with Crippen LogP contribution in [0.15, 0.2) is 93.0 Å². The lowest BCUT2D eigenvalue weighted by molar-refractivity contribution is 0.103. The van der Waals surface area contributed by atoms with Crippen molar-refractivity contribution in [2.75, 3.05) is 11.8 Å². The Bertz CT molecular complexity index is 1440. The molecule has 0 saturated heterocycles. The second-order valence-corrected chi connectivity index (χ2v) is 8.36. The normalized spacial score (nSPS) is 11.3. The van der Waals surface area contributed by atoms with E-state index in [1.807, 2.05) is 0 Å². The SMILES string of the molecule is COc1ccc2cc(C(=O)c3cccc(NS(=O)(=O)c4ccccc4)c3)c(=O)oc2c1. The van der Waals surface area contributed by atoms with Crippen LogP contribution in [0.3, 0.4) is 0 Å². The summed E-state index contributed by atoms with van der Waals surface area (Å²) in [6.45, 7) is 0. The Balaban J connectivity index is 1.67. The average Bonchev–Trinajstić information content (AvgIpc) is 2.78. The Labute approximate surface area is 178 Å². The van der Waals surface area contributed by atoms with E-state index in [1.165, 1.54) is 49.6 Å². The molecule has 7 nitrogen and oxygen atoms in total. The lowest BCUT2D eigenvalue weighted by Gasteiger charge is -2.09. The molecular weight excluding hydrogens is 418 g/mol. The third-order valence-corrected chi connectivity index (χ3v) is 6.02. The summed E-state index contributed by atoms with van der Waals surface area (Å²) in [5.41, 5.74) is -0.301.